The highest BCUT2D eigenvalue weighted by molar-refractivity contribution is 7.99. The standard InChI is InChI=1S/C16H15Cl2N3OS2/c17-13-6-5-12(9-14(13)18)24-8-7-20-16(23)21-11-3-1-10(2-4-11)15(19)22/h1-6,9H,7-8H2,(H2,19,22)(H2,20,21,23). The number of halogens is 2. The van der Waals surface area contributed by atoms with E-state index in [0.717, 1.165) is 16.3 Å². The second-order valence-electron chi connectivity index (χ2n) is 4.75. The molecule has 0 spiro atoms. The largest absolute Gasteiger partial charge is 0.366 e. The van der Waals surface area contributed by atoms with Crippen LogP contribution in [0, 0.1) is 0 Å². The lowest BCUT2D eigenvalue weighted by Gasteiger charge is -2.10. The molecule has 0 bridgehead atoms. The maximum Gasteiger partial charge on any atom is 0.248 e. The van der Waals surface area contributed by atoms with Crippen LogP contribution in [0.1, 0.15) is 10.4 Å². The Morgan fingerprint density at radius 2 is 1.83 bits per heavy atom. The van der Waals surface area contributed by atoms with Gasteiger partial charge in [0.2, 0.25) is 5.91 Å². The molecule has 0 unspecified atom stereocenters. The number of thiocarbonyl (C=S) groups is 1. The van der Waals surface area contributed by atoms with Crippen molar-refractivity contribution in [2.45, 2.75) is 4.90 Å². The summed E-state index contributed by atoms with van der Waals surface area (Å²) in [7, 11) is 0. The van der Waals surface area contributed by atoms with Crippen LogP contribution in [0.4, 0.5) is 5.69 Å². The first kappa shape index (κ1) is 18.9. The SMILES string of the molecule is NC(=O)c1ccc(NC(=S)NCCSc2ccc(Cl)c(Cl)c2)cc1. The lowest BCUT2D eigenvalue weighted by Crippen LogP contribution is -2.30. The minimum absolute atomic E-state index is 0.456. The number of nitrogens with one attached hydrogen (secondary N) is 2. The number of anilines is 1. The molecule has 0 fully saturated rings. The van der Waals surface area contributed by atoms with Gasteiger partial charge in [-0.05, 0) is 54.7 Å². The molecule has 0 aromatic heterocycles. The fourth-order valence-corrected chi connectivity index (χ4v) is 3.18. The first-order chi connectivity index (χ1) is 11.5. The average molecular weight is 400 g/mol. The number of nitrogens with two attached hydrogens (primary N) is 1. The van der Waals surface area contributed by atoms with Gasteiger partial charge in [0.15, 0.2) is 5.11 Å². The van der Waals surface area contributed by atoms with E-state index in [-0.39, 0.29) is 0 Å². The van der Waals surface area contributed by atoms with Crippen LogP contribution in [0.5, 0.6) is 0 Å². The second kappa shape index (κ2) is 9.13. The zero-order chi connectivity index (χ0) is 17.5. The Morgan fingerprint density at radius 3 is 2.46 bits per heavy atom. The van der Waals surface area contributed by atoms with Crippen molar-refractivity contribution in [2.24, 2.45) is 5.73 Å². The van der Waals surface area contributed by atoms with Crippen molar-refractivity contribution in [2.75, 3.05) is 17.6 Å². The summed E-state index contributed by atoms with van der Waals surface area (Å²) >= 11 is 18.7. The Hall–Kier alpha value is -1.47. The van der Waals surface area contributed by atoms with Crippen LogP contribution in [-0.4, -0.2) is 23.3 Å². The topological polar surface area (TPSA) is 67.2 Å². The van der Waals surface area contributed by atoms with Crippen molar-refractivity contribution < 1.29 is 4.79 Å². The molecule has 8 heteroatoms. The van der Waals surface area contributed by atoms with Gasteiger partial charge in [-0.3, -0.25) is 4.79 Å². The van der Waals surface area contributed by atoms with Gasteiger partial charge in [-0.25, -0.2) is 0 Å². The maximum atomic E-state index is 11.0. The highest BCUT2D eigenvalue weighted by atomic mass is 35.5. The van der Waals surface area contributed by atoms with Gasteiger partial charge >= 0.3 is 0 Å². The summed E-state index contributed by atoms with van der Waals surface area (Å²) in [5.41, 5.74) is 6.44. The quantitative estimate of drug-likeness (QED) is 0.386. The highest BCUT2D eigenvalue weighted by Gasteiger charge is 2.02. The molecular weight excluding hydrogens is 385 g/mol. The van der Waals surface area contributed by atoms with E-state index in [9.17, 15) is 4.79 Å². The molecule has 4 nitrogen and oxygen atoms in total. The second-order valence-corrected chi connectivity index (χ2v) is 7.14. The van der Waals surface area contributed by atoms with E-state index in [0.29, 0.717) is 27.3 Å². The molecule has 1 amide bonds. The third-order valence-corrected chi connectivity index (χ3v) is 4.96. The summed E-state index contributed by atoms with van der Waals surface area (Å²) in [6.07, 6.45) is 0. The predicted octanol–water partition coefficient (Wildman–Crippen LogP) is 4.17. The van der Waals surface area contributed by atoms with Crippen LogP contribution in [0.25, 0.3) is 0 Å². The minimum Gasteiger partial charge on any atom is -0.366 e. The molecule has 0 atom stereocenters. The van der Waals surface area contributed by atoms with E-state index in [2.05, 4.69) is 10.6 Å². The summed E-state index contributed by atoms with van der Waals surface area (Å²) < 4.78 is 0. The third-order valence-electron chi connectivity index (χ3n) is 2.97. The van der Waals surface area contributed by atoms with Gasteiger partial charge in [-0.15, -0.1) is 11.8 Å². The van der Waals surface area contributed by atoms with Crippen molar-refractivity contribution in [1.82, 2.24) is 5.32 Å². The maximum absolute atomic E-state index is 11.0. The Labute approximate surface area is 160 Å². The van der Waals surface area contributed by atoms with Crippen molar-refractivity contribution in [3.63, 3.8) is 0 Å². The molecule has 0 aliphatic rings. The molecule has 24 heavy (non-hydrogen) atoms. The minimum atomic E-state index is -0.457. The molecule has 0 saturated carbocycles. The van der Waals surface area contributed by atoms with Gasteiger partial charge in [0, 0.05) is 28.4 Å². The molecule has 2 rings (SSSR count). The van der Waals surface area contributed by atoms with Crippen molar-refractivity contribution in [3.05, 3.63) is 58.1 Å². The van der Waals surface area contributed by atoms with Gasteiger partial charge in [0.1, 0.15) is 0 Å². The molecule has 4 N–H and O–H groups in total. The van der Waals surface area contributed by atoms with Gasteiger partial charge in [0.05, 0.1) is 10.0 Å². The van der Waals surface area contributed by atoms with E-state index in [1.165, 1.54) is 0 Å². The van der Waals surface area contributed by atoms with E-state index in [1.54, 1.807) is 42.1 Å². The molecule has 0 aliphatic heterocycles. The van der Waals surface area contributed by atoms with E-state index >= 15 is 0 Å². The fraction of sp³-hybridized carbons (Fsp3) is 0.125. The van der Waals surface area contributed by atoms with E-state index < -0.39 is 5.91 Å². The summed E-state index contributed by atoms with van der Waals surface area (Å²) in [5, 5.41) is 7.76. The molecule has 0 radical (unpaired) electrons. The smallest absolute Gasteiger partial charge is 0.248 e. The number of thioether (sulfide) groups is 1. The van der Waals surface area contributed by atoms with Gasteiger partial charge in [-0.1, -0.05) is 23.2 Å². The number of amides is 1. The summed E-state index contributed by atoms with van der Waals surface area (Å²) in [6, 6.07) is 12.3. The van der Waals surface area contributed by atoms with Gasteiger partial charge in [-0.2, -0.15) is 0 Å². The molecule has 0 aliphatic carbocycles. The zero-order valence-electron chi connectivity index (χ0n) is 12.5. The van der Waals surface area contributed by atoms with Crippen LogP contribution in [0.2, 0.25) is 10.0 Å². The van der Waals surface area contributed by atoms with E-state index in [1.807, 2.05) is 12.1 Å². The van der Waals surface area contributed by atoms with Gasteiger partial charge in [0.25, 0.3) is 0 Å². The van der Waals surface area contributed by atoms with E-state index in [4.69, 9.17) is 41.2 Å². The molecule has 2 aromatic rings. The molecule has 2 aromatic carbocycles. The van der Waals surface area contributed by atoms with Crippen LogP contribution in [0.15, 0.2) is 47.4 Å². The lowest BCUT2D eigenvalue weighted by atomic mass is 10.2. The normalized spacial score (nSPS) is 10.2. The molecule has 0 heterocycles. The molecule has 126 valence electrons. The van der Waals surface area contributed by atoms with Gasteiger partial charge < -0.3 is 16.4 Å². The number of carbonyl (C=O) groups excluding carboxylic acids is 1. The Kier molecular flexibility index (Phi) is 7.17. The monoisotopic (exact) mass is 399 g/mol. The zero-order valence-corrected chi connectivity index (χ0v) is 15.7. The first-order valence-electron chi connectivity index (χ1n) is 6.98. The Morgan fingerprint density at radius 1 is 1.12 bits per heavy atom. The van der Waals surface area contributed by atoms with Crippen LogP contribution in [-0.2, 0) is 0 Å². The Balaban J connectivity index is 1.73. The number of benzene rings is 2. The summed E-state index contributed by atoms with van der Waals surface area (Å²) in [6.45, 7) is 0.691. The number of carbonyl (C=O) groups is 1. The summed E-state index contributed by atoms with van der Waals surface area (Å²) in [4.78, 5) is 12.1. The number of primary amides is 1. The lowest BCUT2D eigenvalue weighted by molar-refractivity contribution is 0.100. The molecule has 0 saturated heterocycles. The first-order valence-corrected chi connectivity index (χ1v) is 9.13. The highest BCUT2D eigenvalue weighted by Crippen LogP contribution is 2.27. The van der Waals surface area contributed by atoms with Crippen molar-refractivity contribution in [1.29, 1.82) is 0 Å². The third kappa shape index (κ3) is 5.87. The number of rotatable bonds is 6. The van der Waals surface area contributed by atoms with Crippen LogP contribution in [0.3, 0.4) is 0 Å². The Bertz CT molecular complexity index is 739. The average Bonchev–Trinajstić information content (AvgIpc) is 2.55. The van der Waals surface area contributed by atoms with Crippen molar-refractivity contribution >= 4 is 63.9 Å². The summed E-state index contributed by atoms with van der Waals surface area (Å²) in [5.74, 6) is 0.363. The number of hydrogen-bond donors (Lipinski definition) is 3. The fourth-order valence-electron chi connectivity index (χ4n) is 1.79. The van der Waals surface area contributed by atoms with Crippen LogP contribution < -0.4 is 16.4 Å². The predicted molar refractivity (Wildman–Crippen MR) is 106 cm³/mol. The van der Waals surface area contributed by atoms with Crippen LogP contribution >= 0.6 is 47.2 Å². The number of hydrogen-bond acceptors (Lipinski definition) is 3. The molecular formula is C16H15Cl2N3OS2. The van der Waals surface area contributed by atoms with Crippen molar-refractivity contribution in [3.8, 4) is 0 Å².